The average molecular weight is 433 g/mol. The highest BCUT2D eigenvalue weighted by atomic mass is 35.5. The van der Waals surface area contributed by atoms with Crippen LogP contribution in [0.4, 0.5) is 4.39 Å². The molecule has 162 valence electrons. The molecule has 2 aromatic rings. The molecule has 0 fully saturated rings. The number of rotatable bonds is 10. The van der Waals surface area contributed by atoms with E-state index in [0.717, 1.165) is 11.1 Å². The molecule has 0 spiro atoms. The molecule has 0 aromatic heterocycles. The van der Waals surface area contributed by atoms with Gasteiger partial charge in [0.15, 0.2) is 0 Å². The number of hydrogen-bond donors (Lipinski definition) is 1. The first kappa shape index (κ1) is 23.9. The monoisotopic (exact) mass is 432 g/mol. The molecule has 0 bridgehead atoms. The number of amides is 2. The Kier molecular flexibility index (Phi) is 9.31. The van der Waals surface area contributed by atoms with Crippen molar-refractivity contribution in [2.75, 3.05) is 6.54 Å². The third kappa shape index (κ3) is 7.13. The van der Waals surface area contributed by atoms with Crippen LogP contribution in [0.15, 0.2) is 48.5 Å². The molecule has 30 heavy (non-hydrogen) atoms. The molecular formula is C24H30ClFN2O2. The highest BCUT2D eigenvalue weighted by Gasteiger charge is 2.28. The lowest BCUT2D eigenvalue weighted by molar-refractivity contribution is -0.141. The Balaban J connectivity index is 2.19. The van der Waals surface area contributed by atoms with Gasteiger partial charge in [-0.2, -0.15) is 0 Å². The zero-order valence-corrected chi connectivity index (χ0v) is 18.6. The van der Waals surface area contributed by atoms with Crippen molar-refractivity contribution < 1.29 is 14.0 Å². The first-order valence-electron chi connectivity index (χ1n) is 10.4. The largest absolute Gasteiger partial charge is 0.354 e. The summed E-state index contributed by atoms with van der Waals surface area (Å²) >= 11 is 6.22. The fourth-order valence-electron chi connectivity index (χ4n) is 3.21. The Morgan fingerprint density at radius 2 is 1.77 bits per heavy atom. The van der Waals surface area contributed by atoms with Crippen molar-refractivity contribution in [1.29, 1.82) is 0 Å². The van der Waals surface area contributed by atoms with Crippen molar-refractivity contribution >= 4 is 23.4 Å². The van der Waals surface area contributed by atoms with E-state index in [9.17, 15) is 14.0 Å². The molecular weight excluding hydrogens is 403 g/mol. The van der Waals surface area contributed by atoms with Crippen LogP contribution in [0.3, 0.4) is 0 Å². The highest BCUT2D eigenvalue weighted by molar-refractivity contribution is 6.31. The van der Waals surface area contributed by atoms with Crippen molar-refractivity contribution in [3.63, 3.8) is 0 Å². The topological polar surface area (TPSA) is 49.4 Å². The van der Waals surface area contributed by atoms with Crippen LogP contribution in [-0.4, -0.2) is 29.3 Å². The lowest BCUT2D eigenvalue weighted by Crippen LogP contribution is -2.49. The second-order valence-corrected chi connectivity index (χ2v) is 8.21. The van der Waals surface area contributed by atoms with Crippen molar-refractivity contribution in [2.24, 2.45) is 5.92 Å². The van der Waals surface area contributed by atoms with E-state index in [1.54, 1.807) is 23.1 Å². The van der Waals surface area contributed by atoms with Crippen LogP contribution in [-0.2, 0) is 22.6 Å². The quantitative estimate of drug-likeness (QED) is 0.574. The number of hydrogen-bond acceptors (Lipinski definition) is 2. The van der Waals surface area contributed by atoms with Gasteiger partial charge in [0.25, 0.3) is 0 Å². The normalized spacial score (nSPS) is 11.9. The maximum Gasteiger partial charge on any atom is 0.242 e. The molecule has 1 atom stereocenters. The number of carbonyl (C=O) groups excluding carboxylic acids is 2. The van der Waals surface area contributed by atoms with E-state index in [4.69, 9.17) is 11.6 Å². The number of carbonyl (C=O) groups is 2. The summed E-state index contributed by atoms with van der Waals surface area (Å²) in [4.78, 5) is 27.6. The van der Waals surface area contributed by atoms with Gasteiger partial charge in [0.1, 0.15) is 11.9 Å². The Labute approximate surface area is 183 Å². The van der Waals surface area contributed by atoms with E-state index in [-0.39, 0.29) is 30.6 Å². The molecule has 2 aromatic carbocycles. The number of nitrogens with one attached hydrogen (secondary N) is 1. The molecule has 1 N–H and O–H groups in total. The van der Waals surface area contributed by atoms with Gasteiger partial charge in [-0.15, -0.1) is 0 Å². The van der Waals surface area contributed by atoms with Crippen molar-refractivity contribution in [3.05, 3.63) is 70.5 Å². The maximum absolute atomic E-state index is 13.3. The van der Waals surface area contributed by atoms with Gasteiger partial charge in [0.2, 0.25) is 11.8 Å². The molecule has 0 saturated heterocycles. The minimum Gasteiger partial charge on any atom is -0.354 e. The molecule has 0 aliphatic heterocycles. The van der Waals surface area contributed by atoms with Gasteiger partial charge in [-0.3, -0.25) is 9.59 Å². The second kappa shape index (κ2) is 11.7. The SMILES string of the molecule is CC[C@@H](C(=O)NCC(C)C)N(Cc1ccc(F)cc1)C(=O)CCc1ccccc1Cl. The minimum absolute atomic E-state index is 0.134. The summed E-state index contributed by atoms with van der Waals surface area (Å²) in [6.07, 6.45) is 1.21. The molecule has 0 aliphatic rings. The third-order valence-electron chi connectivity index (χ3n) is 4.90. The van der Waals surface area contributed by atoms with Gasteiger partial charge in [0, 0.05) is 24.5 Å². The molecule has 0 unspecified atom stereocenters. The summed E-state index contributed by atoms with van der Waals surface area (Å²) in [7, 11) is 0. The lowest BCUT2D eigenvalue weighted by Gasteiger charge is -2.31. The highest BCUT2D eigenvalue weighted by Crippen LogP contribution is 2.19. The number of aryl methyl sites for hydroxylation is 1. The van der Waals surface area contributed by atoms with Crippen LogP contribution in [0.2, 0.25) is 5.02 Å². The van der Waals surface area contributed by atoms with Crippen LogP contribution < -0.4 is 5.32 Å². The lowest BCUT2D eigenvalue weighted by atomic mass is 10.1. The van der Waals surface area contributed by atoms with Gasteiger partial charge in [-0.25, -0.2) is 4.39 Å². The van der Waals surface area contributed by atoms with Crippen molar-refractivity contribution in [1.82, 2.24) is 10.2 Å². The first-order valence-corrected chi connectivity index (χ1v) is 10.7. The Bertz CT molecular complexity index is 839. The third-order valence-corrected chi connectivity index (χ3v) is 5.27. The minimum atomic E-state index is -0.590. The van der Waals surface area contributed by atoms with E-state index in [0.29, 0.717) is 30.3 Å². The first-order chi connectivity index (χ1) is 14.3. The van der Waals surface area contributed by atoms with Crippen LogP contribution in [0.5, 0.6) is 0 Å². The van der Waals surface area contributed by atoms with Gasteiger partial charge in [-0.1, -0.05) is 62.7 Å². The van der Waals surface area contributed by atoms with Crippen molar-refractivity contribution in [3.8, 4) is 0 Å². The zero-order chi connectivity index (χ0) is 22.1. The predicted octanol–water partition coefficient (Wildman–Crippen LogP) is 4.99. The van der Waals surface area contributed by atoms with Gasteiger partial charge in [0.05, 0.1) is 0 Å². The summed E-state index contributed by atoms with van der Waals surface area (Å²) in [5, 5.41) is 3.55. The molecule has 2 rings (SSSR count). The summed E-state index contributed by atoms with van der Waals surface area (Å²) < 4.78 is 13.3. The second-order valence-electron chi connectivity index (χ2n) is 7.80. The predicted molar refractivity (Wildman–Crippen MR) is 119 cm³/mol. The molecule has 6 heteroatoms. The van der Waals surface area contributed by atoms with Gasteiger partial charge in [-0.05, 0) is 48.1 Å². The fraction of sp³-hybridized carbons (Fsp3) is 0.417. The number of halogens is 2. The molecule has 0 aliphatic carbocycles. The summed E-state index contributed by atoms with van der Waals surface area (Å²) in [6, 6.07) is 12.8. The number of nitrogens with zero attached hydrogens (tertiary/aromatic N) is 1. The zero-order valence-electron chi connectivity index (χ0n) is 17.8. The van der Waals surface area contributed by atoms with E-state index >= 15 is 0 Å². The van der Waals surface area contributed by atoms with Crippen LogP contribution in [0.25, 0.3) is 0 Å². The van der Waals surface area contributed by atoms with Crippen molar-refractivity contribution in [2.45, 2.75) is 52.6 Å². The molecule has 0 saturated carbocycles. The molecule has 2 amide bonds. The summed E-state index contributed by atoms with van der Waals surface area (Å²) in [6.45, 7) is 6.72. The maximum atomic E-state index is 13.3. The van der Waals surface area contributed by atoms with Gasteiger partial charge >= 0.3 is 0 Å². The Morgan fingerprint density at radius 1 is 1.10 bits per heavy atom. The van der Waals surface area contributed by atoms with Crippen LogP contribution in [0.1, 0.15) is 44.7 Å². The average Bonchev–Trinajstić information content (AvgIpc) is 2.72. The Morgan fingerprint density at radius 3 is 2.37 bits per heavy atom. The van der Waals surface area contributed by atoms with E-state index in [1.165, 1.54) is 12.1 Å². The molecule has 0 radical (unpaired) electrons. The Hall–Kier alpha value is -2.40. The van der Waals surface area contributed by atoms with E-state index in [2.05, 4.69) is 5.32 Å². The van der Waals surface area contributed by atoms with Crippen LogP contribution in [0, 0.1) is 11.7 Å². The number of benzene rings is 2. The smallest absolute Gasteiger partial charge is 0.242 e. The summed E-state index contributed by atoms with van der Waals surface area (Å²) in [5.74, 6) is -0.324. The fourth-order valence-corrected chi connectivity index (χ4v) is 3.45. The molecule has 0 heterocycles. The standard InChI is InChI=1S/C24H30ClFN2O2/c1-4-22(24(30)27-15-17(2)3)28(16-18-9-12-20(26)13-10-18)23(29)14-11-19-7-5-6-8-21(19)25/h5-10,12-13,17,22H,4,11,14-16H2,1-3H3,(H,27,30)/t22-/m0/s1. The van der Waals surface area contributed by atoms with E-state index < -0.39 is 6.04 Å². The van der Waals surface area contributed by atoms with E-state index in [1.807, 2.05) is 39.0 Å². The molecule has 4 nitrogen and oxygen atoms in total. The van der Waals surface area contributed by atoms with Gasteiger partial charge < -0.3 is 10.2 Å². The van der Waals surface area contributed by atoms with Crippen LogP contribution >= 0.6 is 11.6 Å². The summed E-state index contributed by atoms with van der Waals surface area (Å²) in [5.41, 5.74) is 1.67.